The van der Waals surface area contributed by atoms with Crippen LogP contribution in [0.3, 0.4) is 0 Å². The van der Waals surface area contributed by atoms with E-state index < -0.39 is 0 Å². The molecule has 4 heteroatoms. The molecule has 0 radical (unpaired) electrons. The highest BCUT2D eigenvalue weighted by Gasteiger charge is 2.14. The van der Waals surface area contributed by atoms with Gasteiger partial charge in [0.1, 0.15) is 5.69 Å². The molecule has 0 fully saturated rings. The average Bonchev–Trinajstić information content (AvgIpc) is 2.70. The molecule has 0 unspecified atom stereocenters. The molecule has 0 atom stereocenters. The molecule has 16 heavy (non-hydrogen) atoms. The Kier molecular flexibility index (Phi) is 5.02. The fourth-order valence-corrected chi connectivity index (χ4v) is 1.56. The first-order chi connectivity index (χ1) is 7.72. The van der Waals surface area contributed by atoms with E-state index in [0.717, 1.165) is 25.0 Å². The molecular formula is C12H20N2O2. The summed E-state index contributed by atoms with van der Waals surface area (Å²) in [6.07, 6.45) is 3.16. The monoisotopic (exact) mass is 224 g/mol. The molecule has 0 bridgehead atoms. The van der Waals surface area contributed by atoms with E-state index in [1.54, 1.807) is 4.68 Å². The maximum Gasteiger partial charge on any atom is 0.356 e. The van der Waals surface area contributed by atoms with Crippen LogP contribution in [0.25, 0.3) is 0 Å². The second kappa shape index (κ2) is 6.30. The van der Waals surface area contributed by atoms with Crippen molar-refractivity contribution in [3.05, 3.63) is 17.5 Å². The van der Waals surface area contributed by atoms with Crippen molar-refractivity contribution >= 4 is 5.97 Å². The van der Waals surface area contributed by atoms with Crippen LogP contribution in [0.5, 0.6) is 0 Å². The van der Waals surface area contributed by atoms with Gasteiger partial charge >= 0.3 is 5.97 Å². The highest BCUT2D eigenvalue weighted by Crippen LogP contribution is 2.09. The van der Waals surface area contributed by atoms with E-state index in [1.807, 2.05) is 19.9 Å². The van der Waals surface area contributed by atoms with Crippen molar-refractivity contribution in [1.29, 1.82) is 0 Å². The van der Waals surface area contributed by atoms with E-state index in [-0.39, 0.29) is 5.97 Å². The first-order valence-corrected chi connectivity index (χ1v) is 5.96. The van der Waals surface area contributed by atoms with Crippen molar-refractivity contribution in [2.24, 2.45) is 0 Å². The van der Waals surface area contributed by atoms with Gasteiger partial charge in [0, 0.05) is 6.54 Å². The summed E-state index contributed by atoms with van der Waals surface area (Å²) in [5.74, 6) is -0.278. The molecule has 0 aliphatic heterocycles. The summed E-state index contributed by atoms with van der Waals surface area (Å²) in [6, 6.07) is 1.84. The predicted molar refractivity (Wildman–Crippen MR) is 62.5 cm³/mol. The Labute approximate surface area is 96.6 Å². The summed E-state index contributed by atoms with van der Waals surface area (Å²) in [5, 5.41) is 4.39. The van der Waals surface area contributed by atoms with Crippen LogP contribution in [0.4, 0.5) is 0 Å². The van der Waals surface area contributed by atoms with E-state index in [1.165, 1.54) is 0 Å². The lowest BCUT2D eigenvalue weighted by molar-refractivity contribution is 0.0512. The molecule has 0 aliphatic carbocycles. The van der Waals surface area contributed by atoms with Crippen LogP contribution >= 0.6 is 0 Å². The number of esters is 1. The van der Waals surface area contributed by atoms with Crippen LogP contribution in [-0.4, -0.2) is 22.4 Å². The zero-order valence-electron chi connectivity index (χ0n) is 10.3. The maximum absolute atomic E-state index is 11.6. The Morgan fingerprint density at radius 2 is 2.19 bits per heavy atom. The van der Waals surface area contributed by atoms with Crippen molar-refractivity contribution < 1.29 is 9.53 Å². The zero-order valence-corrected chi connectivity index (χ0v) is 10.3. The molecule has 4 nitrogen and oxygen atoms in total. The van der Waals surface area contributed by atoms with Crippen LogP contribution in [0.15, 0.2) is 6.07 Å². The minimum absolute atomic E-state index is 0.278. The number of aromatic nitrogens is 2. The standard InChI is InChI=1S/C12H20N2O2/c1-4-7-8-10-9-11(12(15)16-6-3)14(5-2)13-10/h9H,4-8H2,1-3H3. The summed E-state index contributed by atoms with van der Waals surface area (Å²) in [4.78, 5) is 11.6. The predicted octanol–water partition coefficient (Wildman–Crippen LogP) is 2.42. The van der Waals surface area contributed by atoms with Gasteiger partial charge in [0.25, 0.3) is 0 Å². The van der Waals surface area contributed by atoms with Crippen LogP contribution in [0, 0.1) is 0 Å². The van der Waals surface area contributed by atoms with E-state index in [0.29, 0.717) is 18.8 Å². The van der Waals surface area contributed by atoms with Crippen LogP contribution in [0.2, 0.25) is 0 Å². The first kappa shape index (κ1) is 12.7. The van der Waals surface area contributed by atoms with Gasteiger partial charge in [0.05, 0.1) is 12.3 Å². The van der Waals surface area contributed by atoms with Crippen LogP contribution in [0.1, 0.15) is 49.8 Å². The van der Waals surface area contributed by atoms with Crippen molar-refractivity contribution in [1.82, 2.24) is 9.78 Å². The molecule has 1 rings (SSSR count). The van der Waals surface area contributed by atoms with Gasteiger partial charge in [-0.15, -0.1) is 0 Å². The topological polar surface area (TPSA) is 44.1 Å². The summed E-state index contributed by atoms with van der Waals surface area (Å²) in [7, 11) is 0. The normalized spacial score (nSPS) is 10.4. The Morgan fingerprint density at radius 1 is 1.44 bits per heavy atom. The number of carbonyl (C=O) groups is 1. The van der Waals surface area contributed by atoms with Crippen molar-refractivity contribution in [2.45, 2.75) is 46.6 Å². The minimum Gasteiger partial charge on any atom is -0.461 e. The second-order valence-corrected chi connectivity index (χ2v) is 3.66. The molecule has 0 saturated heterocycles. The van der Waals surface area contributed by atoms with Gasteiger partial charge in [-0.05, 0) is 32.8 Å². The Bertz CT molecular complexity index is 345. The number of nitrogens with zero attached hydrogens (tertiary/aromatic N) is 2. The van der Waals surface area contributed by atoms with Crippen molar-refractivity contribution in [3.8, 4) is 0 Å². The summed E-state index contributed by atoms with van der Waals surface area (Å²) in [5.41, 5.74) is 1.54. The van der Waals surface area contributed by atoms with Gasteiger partial charge in [-0.2, -0.15) is 5.10 Å². The third kappa shape index (κ3) is 3.08. The summed E-state index contributed by atoms with van der Waals surface area (Å²) >= 11 is 0. The van der Waals surface area contributed by atoms with Gasteiger partial charge in [-0.25, -0.2) is 4.79 Å². The fourth-order valence-electron chi connectivity index (χ4n) is 1.56. The highest BCUT2D eigenvalue weighted by molar-refractivity contribution is 5.87. The largest absolute Gasteiger partial charge is 0.461 e. The zero-order chi connectivity index (χ0) is 12.0. The average molecular weight is 224 g/mol. The maximum atomic E-state index is 11.6. The summed E-state index contributed by atoms with van der Waals surface area (Å²) < 4.78 is 6.70. The smallest absolute Gasteiger partial charge is 0.356 e. The Hall–Kier alpha value is -1.32. The van der Waals surface area contributed by atoms with Gasteiger partial charge in [-0.3, -0.25) is 4.68 Å². The third-order valence-corrected chi connectivity index (χ3v) is 2.40. The number of hydrogen-bond acceptors (Lipinski definition) is 3. The lowest BCUT2D eigenvalue weighted by Gasteiger charge is -2.02. The molecule has 0 aliphatic rings. The van der Waals surface area contributed by atoms with Crippen molar-refractivity contribution in [2.75, 3.05) is 6.61 Å². The van der Waals surface area contributed by atoms with E-state index in [2.05, 4.69) is 12.0 Å². The summed E-state index contributed by atoms with van der Waals surface area (Å²) in [6.45, 7) is 7.02. The molecule has 0 N–H and O–H groups in total. The Morgan fingerprint density at radius 3 is 2.75 bits per heavy atom. The van der Waals surface area contributed by atoms with E-state index in [4.69, 9.17) is 4.74 Å². The molecule has 1 aromatic heterocycles. The minimum atomic E-state index is -0.278. The van der Waals surface area contributed by atoms with Crippen LogP contribution in [-0.2, 0) is 17.7 Å². The molecule has 0 amide bonds. The molecule has 1 heterocycles. The van der Waals surface area contributed by atoms with E-state index >= 15 is 0 Å². The lowest BCUT2D eigenvalue weighted by atomic mass is 10.2. The Balaban J connectivity index is 2.81. The van der Waals surface area contributed by atoms with Gasteiger partial charge in [-0.1, -0.05) is 13.3 Å². The van der Waals surface area contributed by atoms with Gasteiger partial charge in [0.2, 0.25) is 0 Å². The number of unbranched alkanes of at least 4 members (excludes halogenated alkanes) is 1. The third-order valence-electron chi connectivity index (χ3n) is 2.40. The first-order valence-electron chi connectivity index (χ1n) is 5.96. The van der Waals surface area contributed by atoms with Gasteiger partial charge in [0.15, 0.2) is 0 Å². The second-order valence-electron chi connectivity index (χ2n) is 3.66. The quantitative estimate of drug-likeness (QED) is 0.697. The van der Waals surface area contributed by atoms with Crippen LogP contribution < -0.4 is 0 Å². The number of aryl methyl sites for hydroxylation is 2. The molecule has 0 saturated carbocycles. The number of rotatable bonds is 6. The number of hydrogen-bond donors (Lipinski definition) is 0. The highest BCUT2D eigenvalue weighted by atomic mass is 16.5. The van der Waals surface area contributed by atoms with Crippen molar-refractivity contribution in [3.63, 3.8) is 0 Å². The molecular weight excluding hydrogens is 204 g/mol. The molecule has 90 valence electrons. The molecule has 0 aromatic carbocycles. The van der Waals surface area contributed by atoms with E-state index in [9.17, 15) is 4.79 Å². The molecule has 1 aromatic rings. The lowest BCUT2D eigenvalue weighted by Crippen LogP contribution is -2.12. The van der Waals surface area contributed by atoms with Gasteiger partial charge < -0.3 is 4.74 Å². The SMILES string of the molecule is CCCCc1cc(C(=O)OCC)n(CC)n1. The number of carbonyl (C=O) groups excluding carboxylic acids is 1. The fraction of sp³-hybridized carbons (Fsp3) is 0.667. The number of ether oxygens (including phenoxy) is 1. The molecule has 0 spiro atoms.